The van der Waals surface area contributed by atoms with Crippen LogP contribution in [0.5, 0.6) is 17.2 Å². The van der Waals surface area contributed by atoms with E-state index in [0.29, 0.717) is 36.1 Å². The van der Waals surface area contributed by atoms with E-state index in [1.165, 1.54) is 6.08 Å². The maximum atomic E-state index is 12.1. The lowest BCUT2D eigenvalue weighted by atomic mass is 10.2. The smallest absolute Gasteiger partial charge is 0.248 e. The third kappa shape index (κ3) is 4.77. The molecule has 1 heterocycles. The average molecular weight is 350 g/mol. The molecule has 132 valence electrons. The fraction of sp³-hybridized carbons (Fsp3) is 0.200. The van der Waals surface area contributed by atoms with Gasteiger partial charge in [-0.3, -0.25) is 4.79 Å². The Morgan fingerprint density at radius 1 is 1.15 bits per heavy atom. The second-order valence-electron chi connectivity index (χ2n) is 5.55. The summed E-state index contributed by atoms with van der Waals surface area (Å²) >= 11 is 0. The van der Waals surface area contributed by atoms with E-state index in [9.17, 15) is 4.79 Å². The Hall–Kier alpha value is -3.46. The van der Waals surface area contributed by atoms with Crippen molar-refractivity contribution in [1.82, 2.24) is 0 Å². The van der Waals surface area contributed by atoms with Gasteiger partial charge in [0.1, 0.15) is 11.8 Å². The fourth-order valence-electron chi connectivity index (χ4n) is 2.39. The summed E-state index contributed by atoms with van der Waals surface area (Å²) in [6, 6.07) is 14.4. The maximum Gasteiger partial charge on any atom is 0.248 e. The molecule has 0 bridgehead atoms. The van der Waals surface area contributed by atoms with Crippen LogP contribution < -0.4 is 19.5 Å². The Bertz CT molecular complexity index is 838. The molecule has 0 saturated carbocycles. The number of amides is 1. The molecule has 0 saturated heterocycles. The molecule has 0 aliphatic carbocycles. The van der Waals surface area contributed by atoms with Crippen LogP contribution in [0.2, 0.25) is 0 Å². The van der Waals surface area contributed by atoms with Crippen LogP contribution in [0.1, 0.15) is 12.0 Å². The molecule has 0 fully saturated rings. The molecule has 1 aliphatic heterocycles. The number of hydrogen-bond donors (Lipinski definition) is 1. The van der Waals surface area contributed by atoms with E-state index in [4.69, 9.17) is 19.5 Å². The van der Waals surface area contributed by atoms with E-state index in [0.717, 1.165) is 12.0 Å². The number of benzene rings is 2. The third-order valence-electron chi connectivity index (χ3n) is 3.63. The highest BCUT2D eigenvalue weighted by Crippen LogP contribution is 2.32. The van der Waals surface area contributed by atoms with Crippen LogP contribution in [0, 0.1) is 11.3 Å². The standard InChI is InChI=1S/C20H18N2O4/c21-10-13-24-17-6-2-15(3-7-17)4-9-20(23)22-16-5-8-18-19(14-16)26-12-1-11-25-18/h2-9,14H,1,11-13H2,(H,22,23)/b9-4+. The van der Waals surface area contributed by atoms with Gasteiger partial charge in [-0.15, -0.1) is 0 Å². The fourth-order valence-corrected chi connectivity index (χ4v) is 2.39. The van der Waals surface area contributed by atoms with E-state index in [-0.39, 0.29) is 12.5 Å². The van der Waals surface area contributed by atoms with Crippen molar-refractivity contribution >= 4 is 17.7 Å². The van der Waals surface area contributed by atoms with Crippen molar-refractivity contribution in [3.63, 3.8) is 0 Å². The van der Waals surface area contributed by atoms with Crippen LogP contribution in [-0.4, -0.2) is 25.7 Å². The molecule has 0 atom stereocenters. The van der Waals surface area contributed by atoms with Crippen LogP contribution in [0.3, 0.4) is 0 Å². The summed E-state index contributed by atoms with van der Waals surface area (Å²) in [5, 5.41) is 11.3. The Balaban J connectivity index is 1.59. The highest BCUT2D eigenvalue weighted by atomic mass is 16.5. The van der Waals surface area contributed by atoms with Gasteiger partial charge in [0.2, 0.25) is 5.91 Å². The zero-order valence-electron chi connectivity index (χ0n) is 14.1. The van der Waals surface area contributed by atoms with Gasteiger partial charge in [-0.05, 0) is 35.9 Å². The highest BCUT2D eigenvalue weighted by Gasteiger charge is 2.11. The molecule has 2 aromatic carbocycles. The number of hydrogen-bond acceptors (Lipinski definition) is 5. The van der Waals surface area contributed by atoms with Crippen molar-refractivity contribution < 1.29 is 19.0 Å². The lowest BCUT2D eigenvalue weighted by molar-refractivity contribution is -0.111. The molecule has 26 heavy (non-hydrogen) atoms. The number of nitrogens with one attached hydrogen (secondary N) is 1. The largest absolute Gasteiger partial charge is 0.490 e. The van der Waals surface area contributed by atoms with Gasteiger partial charge < -0.3 is 19.5 Å². The summed E-state index contributed by atoms with van der Waals surface area (Å²) in [5.74, 6) is 1.69. The first-order valence-electron chi connectivity index (χ1n) is 8.23. The van der Waals surface area contributed by atoms with Crippen LogP contribution in [0.25, 0.3) is 6.08 Å². The average Bonchev–Trinajstić information content (AvgIpc) is 2.90. The zero-order chi connectivity index (χ0) is 18.2. The molecule has 6 heteroatoms. The Kier molecular flexibility index (Phi) is 5.73. The molecule has 1 amide bonds. The number of nitriles is 1. The predicted octanol–water partition coefficient (Wildman–Crippen LogP) is 3.40. The van der Waals surface area contributed by atoms with Crippen molar-refractivity contribution in [3.8, 4) is 23.3 Å². The molecule has 6 nitrogen and oxygen atoms in total. The van der Waals surface area contributed by atoms with Crippen LogP contribution in [0.4, 0.5) is 5.69 Å². The van der Waals surface area contributed by atoms with Crippen molar-refractivity contribution in [2.45, 2.75) is 6.42 Å². The van der Waals surface area contributed by atoms with Gasteiger partial charge in [0.05, 0.1) is 13.2 Å². The number of nitrogens with zero attached hydrogens (tertiary/aromatic N) is 1. The molecule has 0 radical (unpaired) electrons. The molecule has 0 aromatic heterocycles. The summed E-state index contributed by atoms with van der Waals surface area (Å²) in [6.07, 6.45) is 3.99. The van der Waals surface area contributed by atoms with Gasteiger partial charge in [0, 0.05) is 24.3 Å². The second-order valence-corrected chi connectivity index (χ2v) is 5.55. The van der Waals surface area contributed by atoms with Crippen molar-refractivity contribution in [2.24, 2.45) is 0 Å². The first-order chi connectivity index (χ1) is 12.7. The maximum absolute atomic E-state index is 12.1. The first-order valence-corrected chi connectivity index (χ1v) is 8.23. The lowest BCUT2D eigenvalue weighted by Gasteiger charge is -2.09. The minimum absolute atomic E-state index is 0.00707. The molecule has 2 aromatic rings. The number of ether oxygens (including phenoxy) is 3. The molecule has 0 spiro atoms. The molecule has 3 rings (SSSR count). The normalized spacial score (nSPS) is 12.9. The Labute approximate surface area is 151 Å². The van der Waals surface area contributed by atoms with Gasteiger partial charge in [-0.25, -0.2) is 0 Å². The van der Waals surface area contributed by atoms with Crippen molar-refractivity contribution in [3.05, 3.63) is 54.1 Å². The first kappa shape index (κ1) is 17.4. The topological polar surface area (TPSA) is 80.6 Å². The quantitative estimate of drug-likeness (QED) is 0.836. The van der Waals surface area contributed by atoms with E-state index in [1.54, 1.807) is 36.4 Å². The Morgan fingerprint density at radius 2 is 1.92 bits per heavy atom. The number of carbonyl (C=O) groups is 1. The SMILES string of the molecule is N#CCOc1ccc(/C=C/C(=O)Nc2ccc3c(c2)OCCCO3)cc1. The monoisotopic (exact) mass is 350 g/mol. The van der Waals surface area contributed by atoms with Crippen molar-refractivity contribution in [2.75, 3.05) is 25.1 Å². The second kappa shape index (κ2) is 8.58. The minimum Gasteiger partial charge on any atom is -0.490 e. The summed E-state index contributed by atoms with van der Waals surface area (Å²) in [4.78, 5) is 12.1. The summed E-state index contributed by atoms with van der Waals surface area (Å²) in [5.41, 5.74) is 1.49. The predicted molar refractivity (Wildman–Crippen MR) is 97.3 cm³/mol. The Morgan fingerprint density at radius 3 is 2.69 bits per heavy atom. The van der Waals surface area contributed by atoms with Gasteiger partial charge in [0.15, 0.2) is 18.1 Å². The van der Waals surface area contributed by atoms with Gasteiger partial charge >= 0.3 is 0 Å². The summed E-state index contributed by atoms with van der Waals surface area (Å²) in [6.45, 7) is 1.23. The number of carbonyl (C=O) groups excluding carboxylic acids is 1. The van der Waals surface area contributed by atoms with E-state index < -0.39 is 0 Å². The zero-order valence-corrected chi connectivity index (χ0v) is 14.1. The molecular formula is C20H18N2O4. The van der Waals surface area contributed by atoms with E-state index in [2.05, 4.69) is 5.32 Å². The van der Waals surface area contributed by atoms with Gasteiger partial charge in [-0.2, -0.15) is 5.26 Å². The van der Waals surface area contributed by atoms with E-state index in [1.807, 2.05) is 18.2 Å². The highest BCUT2D eigenvalue weighted by molar-refractivity contribution is 6.02. The molecule has 0 unspecified atom stereocenters. The van der Waals surface area contributed by atoms with Crippen LogP contribution in [0.15, 0.2) is 48.5 Å². The number of rotatable bonds is 5. The molecule has 1 N–H and O–H groups in total. The van der Waals surface area contributed by atoms with Crippen LogP contribution >= 0.6 is 0 Å². The molecule has 1 aliphatic rings. The number of anilines is 1. The third-order valence-corrected chi connectivity index (χ3v) is 3.63. The van der Waals surface area contributed by atoms with Gasteiger partial charge in [-0.1, -0.05) is 12.1 Å². The van der Waals surface area contributed by atoms with Gasteiger partial charge in [0.25, 0.3) is 0 Å². The number of fused-ring (bicyclic) bond motifs is 1. The van der Waals surface area contributed by atoms with E-state index >= 15 is 0 Å². The lowest BCUT2D eigenvalue weighted by Crippen LogP contribution is -2.08. The van der Waals surface area contributed by atoms with Crippen LogP contribution in [-0.2, 0) is 4.79 Å². The van der Waals surface area contributed by atoms with Crippen molar-refractivity contribution in [1.29, 1.82) is 5.26 Å². The summed E-state index contributed by atoms with van der Waals surface area (Å²) < 4.78 is 16.4. The summed E-state index contributed by atoms with van der Waals surface area (Å²) in [7, 11) is 0. The molecular weight excluding hydrogens is 332 g/mol. The minimum atomic E-state index is -0.246.